The van der Waals surface area contributed by atoms with Gasteiger partial charge in [-0.3, -0.25) is 4.79 Å². The van der Waals surface area contributed by atoms with E-state index in [0.29, 0.717) is 24.7 Å². The van der Waals surface area contributed by atoms with Gasteiger partial charge in [-0.25, -0.2) is 9.61 Å². The fourth-order valence-electron chi connectivity index (χ4n) is 1.41. The van der Waals surface area contributed by atoms with Gasteiger partial charge in [0.05, 0.1) is 23.7 Å². The molecule has 2 aromatic heterocycles. The molecule has 7 nitrogen and oxygen atoms in total. The Labute approximate surface area is 113 Å². The SMILES string of the molecule is Cc1nc(CC(=O)NCCOc2nonc2C)cs1. The first kappa shape index (κ1) is 13.5. The minimum Gasteiger partial charge on any atom is -0.472 e. The summed E-state index contributed by atoms with van der Waals surface area (Å²) in [6, 6.07) is 0. The van der Waals surface area contributed by atoms with Gasteiger partial charge in [0.25, 0.3) is 5.88 Å². The summed E-state index contributed by atoms with van der Waals surface area (Å²) in [5, 5.41) is 12.7. The van der Waals surface area contributed by atoms with Crippen LogP contribution in [-0.4, -0.2) is 34.4 Å². The molecule has 0 radical (unpaired) electrons. The number of ether oxygens (including phenoxy) is 1. The van der Waals surface area contributed by atoms with E-state index in [2.05, 4.69) is 25.2 Å². The molecule has 0 atom stereocenters. The van der Waals surface area contributed by atoms with Crippen molar-refractivity contribution in [2.24, 2.45) is 0 Å². The zero-order valence-electron chi connectivity index (χ0n) is 10.7. The van der Waals surface area contributed by atoms with Gasteiger partial charge in [0.1, 0.15) is 12.3 Å². The van der Waals surface area contributed by atoms with Crippen molar-refractivity contribution in [1.29, 1.82) is 0 Å². The molecule has 0 aromatic carbocycles. The van der Waals surface area contributed by atoms with E-state index < -0.39 is 0 Å². The van der Waals surface area contributed by atoms with Gasteiger partial charge in [-0.1, -0.05) is 5.16 Å². The average Bonchev–Trinajstić information content (AvgIpc) is 2.94. The number of carbonyl (C=O) groups is 1. The molecule has 0 unspecified atom stereocenters. The van der Waals surface area contributed by atoms with Crippen LogP contribution in [0.3, 0.4) is 0 Å². The summed E-state index contributed by atoms with van der Waals surface area (Å²) in [6.07, 6.45) is 0.287. The molecule has 2 heterocycles. The van der Waals surface area contributed by atoms with Crippen LogP contribution in [0.5, 0.6) is 5.88 Å². The van der Waals surface area contributed by atoms with E-state index in [0.717, 1.165) is 10.7 Å². The molecular weight excluding hydrogens is 268 g/mol. The minimum atomic E-state index is -0.0797. The molecule has 0 aliphatic carbocycles. The van der Waals surface area contributed by atoms with Crippen molar-refractivity contribution in [1.82, 2.24) is 20.6 Å². The fraction of sp³-hybridized carbons (Fsp3) is 0.455. The van der Waals surface area contributed by atoms with E-state index in [4.69, 9.17) is 4.74 Å². The summed E-state index contributed by atoms with van der Waals surface area (Å²) in [6.45, 7) is 4.36. The standard InChI is InChI=1S/C11H14N4O3S/c1-7-11(15-18-14-7)17-4-3-12-10(16)5-9-6-19-8(2)13-9/h6H,3-5H2,1-2H3,(H,12,16). The summed E-state index contributed by atoms with van der Waals surface area (Å²) in [7, 11) is 0. The Morgan fingerprint density at radius 1 is 1.47 bits per heavy atom. The number of nitrogens with one attached hydrogen (secondary N) is 1. The van der Waals surface area contributed by atoms with Crippen LogP contribution in [-0.2, 0) is 11.2 Å². The monoisotopic (exact) mass is 282 g/mol. The highest BCUT2D eigenvalue weighted by Gasteiger charge is 2.07. The highest BCUT2D eigenvalue weighted by atomic mass is 32.1. The third kappa shape index (κ3) is 4.02. The highest BCUT2D eigenvalue weighted by Crippen LogP contribution is 2.09. The predicted molar refractivity (Wildman–Crippen MR) is 68.1 cm³/mol. The van der Waals surface area contributed by atoms with Crippen LogP contribution in [0.15, 0.2) is 10.0 Å². The van der Waals surface area contributed by atoms with E-state index in [1.54, 1.807) is 6.92 Å². The smallest absolute Gasteiger partial charge is 0.278 e. The van der Waals surface area contributed by atoms with Gasteiger partial charge in [0, 0.05) is 5.38 Å². The van der Waals surface area contributed by atoms with E-state index >= 15 is 0 Å². The third-order valence-electron chi connectivity index (χ3n) is 2.28. The van der Waals surface area contributed by atoms with Crippen molar-refractivity contribution in [3.05, 3.63) is 21.8 Å². The molecule has 0 saturated carbocycles. The molecule has 1 amide bonds. The Kier molecular flexibility index (Phi) is 4.45. The molecule has 0 bridgehead atoms. The van der Waals surface area contributed by atoms with E-state index in [-0.39, 0.29) is 12.3 Å². The fourth-order valence-corrected chi connectivity index (χ4v) is 2.02. The molecule has 0 saturated heterocycles. The minimum absolute atomic E-state index is 0.0797. The first-order valence-corrected chi connectivity index (χ1v) is 6.63. The highest BCUT2D eigenvalue weighted by molar-refractivity contribution is 7.09. The van der Waals surface area contributed by atoms with Crippen molar-refractivity contribution >= 4 is 17.2 Å². The zero-order chi connectivity index (χ0) is 13.7. The van der Waals surface area contributed by atoms with E-state index in [1.807, 2.05) is 12.3 Å². The second-order valence-electron chi connectivity index (χ2n) is 3.89. The van der Waals surface area contributed by atoms with Crippen LogP contribution in [0.4, 0.5) is 0 Å². The van der Waals surface area contributed by atoms with E-state index in [9.17, 15) is 4.79 Å². The molecule has 19 heavy (non-hydrogen) atoms. The van der Waals surface area contributed by atoms with Gasteiger partial charge in [-0.15, -0.1) is 11.3 Å². The number of hydrogen-bond donors (Lipinski definition) is 1. The van der Waals surface area contributed by atoms with Crippen LogP contribution < -0.4 is 10.1 Å². The summed E-state index contributed by atoms with van der Waals surface area (Å²) < 4.78 is 9.77. The lowest BCUT2D eigenvalue weighted by Gasteiger charge is -2.04. The molecule has 102 valence electrons. The molecule has 0 fully saturated rings. The number of rotatable bonds is 6. The van der Waals surface area contributed by atoms with Gasteiger partial charge in [-0.2, -0.15) is 0 Å². The van der Waals surface area contributed by atoms with Crippen molar-refractivity contribution in [2.75, 3.05) is 13.2 Å². The molecule has 0 aliphatic rings. The molecule has 0 aliphatic heterocycles. The Morgan fingerprint density at radius 2 is 2.32 bits per heavy atom. The second kappa shape index (κ2) is 6.28. The summed E-state index contributed by atoms with van der Waals surface area (Å²) >= 11 is 1.53. The van der Waals surface area contributed by atoms with Crippen LogP contribution in [0, 0.1) is 13.8 Å². The average molecular weight is 282 g/mol. The number of amides is 1. The van der Waals surface area contributed by atoms with Crippen LogP contribution in [0.25, 0.3) is 0 Å². The molecule has 2 rings (SSSR count). The topological polar surface area (TPSA) is 90.1 Å². The van der Waals surface area contributed by atoms with Crippen molar-refractivity contribution in [2.45, 2.75) is 20.3 Å². The molecular formula is C11H14N4O3S. The summed E-state index contributed by atoms with van der Waals surface area (Å²) in [5.74, 6) is 0.272. The second-order valence-corrected chi connectivity index (χ2v) is 4.95. The van der Waals surface area contributed by atoms with Crippen molar-refractivity contribution in [3.8, 4) is 5.88 Å². The van der Waals surface area contributed by atoms with Gasteiger partial charge >= 0.3 is 0 Å². The number of aryl methyl sites for hydroxylation is 2. The quantitative estimate of drug-likeness (QED) is 0.791. The lowest BCUT2D eigenvalue weighted by molar-refractivity contribution is -0.120. The third-order valence-corrected chi connectivity index (χ3v) is 3.10. The summed E-state index contributed by atoms with van der Waals surface area (Å²) in [5.41, 5.74) is 1.38. The maximum Gasteiger partial charge on any atom is 0.278 e. The molecule has 8 heteroatoms. The van der Waals surface area contributed by atoms with Crippen LogP contribution in [0.2, 0.25) is 0 Å². The van der Waals surface area contributed by atoms with Gasteiger partial charge < -0.3 is 10.1 Å². The Bertz CT molecular complexity index is 552. The van der Waals surface area contributed by atoms with Crippen LogP contribution in [0.1, 0.15) is 16.4 Å². The maximum absolute atomic E-state index is 11.6. The Hall–Kier alpha value is -1.96. The van der Waals surface area contributed by atoms with Crippen molar-refractivity contribution < 1.29 is 14.2 Å². The maximum atomic E-state index is 11.6. The molecule has 2 aromatic rings. The number of nitrogens with zero attached hydrogens (tertiary/aromatic N) is 3. The normalized spacial score (nSPS) is 10.4. The van der Waals surface area contributed by atoms with Crippen LogP contribution >= 0.6 is 11.3 Å². The first-order valence-electron chi connectivity index (χ1n) is 5.75. The Balaban J connectivity index is 1.65. The zero-order valence-corrected chi connectivity index (χ0v) is 11.5. The Morgan fingerprint density at radius 3 is 2.95 bits per heavy atom. The number of thiazole rings is 1. The van der Waals surface area contributed by atoms with Gasteiger partial charge in [-0.05, 0) is 19.0 Å². The first-order chi connectivity index (χ1) is 9.15. The lowest BCUT2D eigenvalue weighted by atomic mass is 10.3. The largest absolute Gasteiger partial charge is 0.472 e. The summed E-state index contributed by atoms with van der Waals surface area (Å²) in [4.78, 5) is 15.8. The lowest BCUT2D eigenvalue weighted by Crippen LogP contribution is -2.29. The van der Waals surface area contributed by atoms with E-state index in [1.165, 1.54) is 11.3 Å². The van der Waals surface area contributed by atoms with Gasteiger partial charge in [0.15, 0.2) is 0 Å². The number of aromatic nitrogens is 3. The molecule has 1 N–H and O–H groups in total. The number of hydrogen-bond acceptors (Lipinski definition) is 7. The van der Waals surface area contributed by atoms with Gasteiger partial charge in [0.2, 0.25) is 5.91 Å². The number of carbonyl (C=O) groups excluding carboxylic acids is 1. The molecule has 0 spiro atoms. The predicted octanol–water partition coefficient (Wildman–Crippen LogP) is 0.881. The van der Waals surface area contributed by atoms with Crippen molar-refractivity contribution in [3.63, 3.8) is 0 Å².